The summed E-state index contributed by atoms with van der Waals surface area (Å²) in [6, 6.07) is 0. The highest BCUT2D eigenvalue weighted by Crippen LogP contribution is 2.29. The molecule has 0 heterocycles. The topological polar surface area (TPSA) is 75.6 Å². The van der Waals surface area contributed by atoms with Gasteiger partial charge in [0.25, 0.3) is 0 Å². The van der Waals surface area contributed by atoms with E-state index in [2.05, 4.69) is 0 Å². The summed E-state index contributed by atoms with van der Waals surface area (Å²) in [5.74, 6) is -3.22. The fourth-order valence-corrected chi connectivity index (χ4v) is 1.20. The summed E-state index contributed by atoms with van der Waals surface area (Å²) in [6.45, 7) is 4.04. The zero-order valence-corrected chi connectivity index (χ0v) is 11.0. The van der Waals surface area contributed by atoms with Crippen molar-refractivity contribution >= 4 is 12.1 Å². The van der Waals surface area contributed by atoms with Gasteiger partial charge in [-0.1, -0.05) is 0 Å². The number of hydrogen-bond acceptors (Lipinski definition) is 3. The molecular formula is C11H18F3NO4. The zero-order valence-electron chi connectivity index (χ0n) is 11.0. The molecule has 0 radical (unpaired) electrons. The van der Waals surface area contributed by atoms with Crippen molar-refractivity contribution in [2.45, 2.75) is 45.4 Å². The lowest BCUT2D eigenvalue weighted by Crippen LogP contribution is -2.39. The SMILES string of the molecule is CC(C)(C)OC(=O)NCC(CCC(=O)O)C(F)(F)F. The van der Waals surface area contributed by atoms with Gasteiger partial charge in [-0.2, -0.15) is 13.2 Å². The van der Waals surface area contributed by atoms with Gasteiger partial charge >= 0.3 is 18.2 Å². The third-order valence-electron chi connectivity index (χ3n) is 2.06. The van der Waals surface area contributed by atoms with Crippen molar-refractivity contribution in [3.63, 3.8) is 0 Å². The van der Waals surface area contributed by atoms with Gasteiger partial charge in [0.15, 0.2) is 0 Å². The van der Waals surface area contributed by atoms with Gasteiger partial charge in [-0.3, -0.25) is 4.79 Å². The fraction of sp³-hybridized carbons (Fsp3) is 0.818. The second kappa shape index (κ2) is 6.63. The largest absolute Gasteiger partial charge is 0.481 e. The molecular weight excluding hydrogens is 267 g/mol. The van der Waals surface area contributed by atoms with E-state index >= 15 is 0 Å². The van der Waals surface area contributed by atoms with Crippen molar-refractivity contribution in [2.24, 2.45) is 5.92 Å². The summed E-state index contributed by atoms with van der Waals surface area (Å²) in [6.07, 6.45) is -6.73. The van der Waals surface area contributed by atoms with E-state index in [0.29, 0.717) is 0 Å². The van der Waals surface area contributed by atoms with Crippen LogP contribution in [-0.2, 0) is 9.53 Å². The summed E-state index contributed by atoms with van der Waals surface area (Å²) in [5, 5.41) is 10.4. The highest BCUT2D eigenvalue weighted by Gasteiger charge is 2.39. The van der Waals surface area contributed by atoms with Crippen molar-refractivity contribution in [3.05, 3.63) is 0 Å². The Labute approximate surface area is 109 Å². The molecule has 0 spiro atoms. The third kappa shape index (κ3) is 9.15. The van der Waals surface area contributed by atoms with E-state index in [-0.39, 0.29) is 0 Å². The van der Waals surface area contributed by atoms with Crippen LogP contribution in [0.5, 0.6) is 0 Å². The lowest BCUT2D eigenvalue weighted by atomic mass is 10.0. The maximum Gasteiger partial charge on any atom is 0.407 e. The average molecular weight is 285 g/mol. The Bertz CT molecular complexity index is 323. The number of carbonyl (C=O) groups excluding carboxylic acids is 1. The number of carboxylic acid groups (broad SMARTS) is 1. The lowest BCUT2D eigenvalue weighted by Gasteiger charge is -2.23. The van der Waals surface area contributed by atoms with E-state index in [9.17, 15) is 22.8 Å². The number of rotatable bonds is 5. The molecule has 0 saturated heterocycles. The molecule has 0 aliphatic heterocycles. The standard InChI is InChI=1S/C11H18F3NO4/c1-10(2,3)19-9(18)15-6-7(11(12,13)14)4-5-8(16)17/h7H,4-6H2,1-3H3,(H,15,18)(H,16,17). The number of nitrogens with one attached hydrogen (secondary N) is 1. The lowest BCUT2D eigenvalue weighted by molar-refractivity contribution is -0.175. The normalized spacial score (nSPS) is 13.8. The van der Waals surface area contributed by atoms with Gasteiger partial charge in [0.05, 0.1) is 5.92 Å². The van der Waals surface area contributed by atoms with Gasteiger partial charge in [-0.25, -0.2) is 4.79 Å². The molecule has 0 fully saturated rings. The summed E-state index contributed by atoms with van der Waals surface area (Å²) in [4.78, 5) is 21.5. The molecule has 0 aliphatic rings. The first kappa shape index (κ1) is 17.5. The molecule has 0 aromatic rings. The van der Waals surface area contributed by atoms with Crippen molar-refractivity contribution in [3.8, 4) is 0 Å². The molecule has 0 bridgehead atoms. The van der Waals surface area contributed by atoms with Crippen molar-refractivity contribution in [1.29, 1.82) is 0 Å². The molecule has 8 heteroatoms. The monoisotopic (exact) mass is 285 g/mol. The minimum absolute atomic E-state index is 0.589. The van der Waals surface area contributed by atoms with E-state index in [1.54, 1.807) is 20.8 Å². The number of ether oxygens (including phenoxy) is 1. The maximum absolute atomic E-state index is 12.6. The Morgan fingerprint density at radius 1 is 1.26 bits per heavy atom. The Kier molecular flexibility index (Phi) is 6.11. The third-order valence-corrected chi connectivity index (χ3v) is 2.06. The minimum Gasteiger partial charge on any atom is -0.481 e. The first-order chi connectivity index (χ1) is 8.42. The number of carbonyl (C=O) groups is 2. The number of carboxylic acids is 1. The van der Waals surface area contributed by atoms with E-state index in [1.165, 1.54) is 0 Å². The molecule has 1 atom stereocenters. The maximum atomic E-state index is 12.6. The van der Waals surface area contributed by atoms with E-state index < -0.39 is 49.1 Å². The van der Waals surface area contributed by atoms with Gasteiger partial charge in [0.2, 0.25) is 0 Å². The van der Waals surface area contributed by atoms with Gasteiger partial charge in [-0.05, 0) is 27.2 Å². The predicted octanol–water partition coefficient (Wildman–Crippen LogP) is 2.55. The average Bonchev–Trinajstić information content (AvgIpc) is 2.11. The van der Waals surface area contributed by atoms with Crippen LogP contribution in [0.15, 0.2) is 0 Å². The van der Waals surface area contributed by atoms with Crippen LogP contribution in [0, 0.1) is 5.92 Å². The first-order valence-electron chi connectivity index (χ1n) is 5.67. The van der Waals surface area contributed by atoms with Gasteiger partial charge < -0.3 is 15.2 Å². The minimum atomic E-state index is -4.57. The Morgan fingerprint density at radius 3 is 2.16 bits per heavy atom. The van der Waals surface area contributed by atoms with Gasteiger partial charge in [-0.15, -0.1) is 0 Å². The van der Waals surface area contributed by atoms with Crippen LogP contribution >= 0.6 is 0 Å². The molecule has 1 unspecified atom stereocenters. The molecule has 1 amide bonds. The second-order valence-corrected chi connectivity index (χ2v) is 5.05. The molecule has 0 aliphatic carbocycles. The quantitative estimate of drug-likeness (QED) is 0.814. The molecule has 112 valence electrons. The summed E-state index contributed by atoms with van der Waals surface area (Å²) in [5.41, 5.74) is -0.807. The van der Waals surface area contributed by atoms with E-state index in [0.717, 1.165) is 0 Å². The number of amides is 1. The van der Waals surface area contributed by atoms with Crippen molar-refractivity contribution < 1.29 is 32.6 Å². The van der Waals surface area contributed by atoms with E-state index in [4.69, 9.17) is 9.84 Å². The van der Waals surface area contributed by atoms with Crippen LogP contribution < -0.4 is 5.32 Å². The smallest absolute Gasteiger partial charge is 0.407 e. The first-order valence-corrected chi connectivity index (χ1v) is 5.67. The van der Waals surface area contributed by atoms with Crippen LogP contribution in [0.1, 0.15) is 33.6 Å². The molecule has 19 heavy (non-hydrogen) atoms. The van der Waals surface area contributed by atoms with E-state index in [1.807, 2.05) is 5.32 Å². The number of hydrogen-bond donors (Lipinski definition) is 2. The van der Waals surface area contributed by atoms with Crippen LogP contribution in [-0.4, -0.2) is 35.5 Å². The number of alkyl halides is 3. The Hall–Kier alpha value is -1.47. The predicted molar refractivity (Wildman–Crippen MR) is 60.7 cm³/mol. The van der Waals surface area contributed by atoms with Gasteiger partial charge in [0.1, 0.15) is 5.60 Å². The summed E-state index contributed by atoms with van der Waals surface area (Å²) >= 11 is 0. The van der Waals surface area contributed by atoms with Crippen LogP contribution in [0.3, 0.4) is 0 Å². The van der Waals surface area contributed by atoms with Crippen LogP contribution in [0.2, 0.25) is 0 Å². The summed E-state index contributed by atoms with van der Waals surface area (Å²) in [7, 11) is 0. The van der Waals surface area contributed by atoms with Crippen LogP contribution in [0.4, 0.5) is 18.0 Å². The molecule has 5 nitrogen and oxygen atoms in total. The fourth-order valence-electron chi connectivity index (χ4n) is 1.20. The molecule has 0 saturated carbocycles. The summed E-state index contributed by atoms with van der Waals surface area (Å²) < 4.78 is 42.5. The number of aliphatic carboxylic acids is 1. The highest BCUT2D eigenvalue weighted by atomic mass is 19.4. The zero-order chi connectivity index (χ0) is 15.3. The molecule has 0 aromatic heterocycles. The second-order valence-electron chi connectivity index (χ2n) is 5.05. The van der Waals surface area contributed by atoms with Crippen LogP contribution in [0.25, 0.3) is 0 Å². The van der Waals surface area contributed by atoms with Crippen molar-refractivity contribution in [2.75, 3.05) is 6.54 Å². The van der Waals surface area contributed by atoms with Crippen molar-refractivity contribution in [1.82, 2.24) is 5.32 Å². The van der Waals surface area contributed by atoms with Gasteiger partial charge in [0, 0.05) is 13.0 Å². The molecule has 2 N–H and O–H groups in total. The molecule has 0 aromatic carbocycles. The highest BCUT2D eigenvalue weighted by molar-refractivity contribution is 5.68. The Balaban J connectivity index is 4.35. The Morgan fingerprint density at radius 2 is 1.79 bits per heavy atom. The number of alkyl carbamates (subject to hydrolysis) is 1. The number of halogens is 3. The molecule has 0 rings (SSSR count).